The maximum absolute atomic E-state index is 12.7. The Morgan fingerprint density at radius 3 is 2.50 bits per heavy atom. The van der Waals surface area contributed by atoms with Crippen molar-refractivity contribution in [1.82, 2.24) is 0 Å². The lowest BCUT2D eigenvalue weighted by atomic mass is 9.68. The molecule has 2 aliphatic heterocycles. The highest BCUT2D eigenvalue weighted by molar-refractivity contribution is 5.70. The zero-order chi connectivity index (χ0) is 21.5. The fraction of sp³-hybridized carbons (Fsp3) is 0.875. The van der Waals surface area contributed by atoms with E-state index in [4.69, 9.17) is 24.7 Å². The molecule has 2 saturated carbocycles. The molecule has 2 saturated heterocycles. The summed E-state index contributed by atoms with van der Waals surface area (Å²) >= 11 is 0. The summed E-state index contributed by atoms with van der Waals surface area (Å²) in [6.07, 6.45) is 9.07. The molecule has 0 aromatic rings. The van der Waals surface area contributed by atoms with Crippen LogP contribution in [0.2, 0.25) is 0 Å². The van der Waals surface area contributed by atoms with E-state index in [1.54, 1.807) is 7.11 Å². The molecule has 2 heterocycles. The second-order valence-corrected chi connectivity index (χ2v) is 10.4. The average molecular weight is 422 g/mol. The zero-order valence-electron chi connectivity index (χ0n) is 19.0. The summed E-state index contributed by atoms with van der Waals surface area (Å²) in [5, 5.41) is 0. The summed E-state index contributed by atoms with van der Waals surface area (Å²) in [4.78, 5) is 12.7. The molecule has 0 aromatic heterocycles. The van der Waals surface area contributed by atoms with E-state index in [-0.39, 0.29) is 41.4 Å². The number of esters is 1. The van der Waals surface area contributed by atoms with Crippen molar-refractivity contribution >= 4 is 5.97 Å². The third-order valence-corrected chi connectivity index (χ3v) is 7.87. The SMILES string of the molecule is COC1C(OC(=O)CC2CCC(N)CC2)CC[C@]2(CO2)C1C1(C)O[C@@H]1CC=C(C)C. The largest absolute Gasteiger partial charge is 0.460 e. The van der Waals surface area contributed by atoms with E-state index >= 15 is 0 Å². The first kappa shape index (κ1) is 22.3. The second kappa shape index (κ2) is 8.53. The molecular weight excluding hydrogens is 382 g/mol. The van der Waals surface area contributed by atoms with Crippen molar-refractivity contribution in [3.63, 3.8) is 0 Å². The van der Waals surface area contributed by atoms with Crippen LogP contribution in [0.1, 0.15) is 72.1 Å². The quantitative estimate of drug-likeness (QED) is 0.385. The van der Waals surface area contributed by atoms with Gasteiger partial charge in [0.05, 0.1) is 18.6 Å². The van der Waals surface area contributed by atoms with Gasteiger partial charge in [0.1, 0.15) is 23.4 Å². The lowest BCUT2D eigenvalue weighted by Gasteiger charge is -2.42. The highest BCUT2D eigenvalue weighted by atomic mass is 16.6. The molecule has 1 spiro atoms. The van der Waals surface area contributed by atoms with Crippen molar-refractivity contribution in [1.29, 1.82) is 0 Å². The number of carbonyl (C=O) groups excluding carboxylic acids is 1. The van der Waals surface area contributed by atoms with Gasteiger partial charge in [-0.15, -0.1) is 0 Å². The molecule has 6 heteroatoms. The van der Waals surface area contributed by atoms with Crippen molar-refractivity contribution in [2.45, 2.75) is 108 Å². The molecular formula is C24H39NO5. The number of ether oxygens (including phenoxy) is 4. The van der Waals surface area contributed by atoms with Crippen molar-refractivity contribution in [2.75, 3.05) is 13.7 Å². The number of epoxide rings is 2. The van der Waals surface area contributed by atoms with E-state index in [1.807, 2.05) is 0 Å². The molecule has 170 valence electrons. The molecule has 4 rings (SSSR count). The molecule has 30 heavy (non-hydrogen) atoms. The first-order valence-corrected chi connectivity index (χ1v) is 11.7. The van der Waals surface area contributed by atoms with E-state index in [2.05, 4.69) is 26.8 Å². The smallest absolute Gasteiger partial charge is 0.306 e. The van der Waals surface area contributed by atoms with Gasteiger partial charge in [-0.1, -0.05) is 11.6 Å². The van der Waals surface area contributed by atoms with Crippen LogP contribution in [0.5, 0.6) is 0 Å². The molecule has 2 aliphatic carbocycles. The maximum Gasteiger partial charge on any atom is 0.306 e. The van der Waals surface area contributed by atoms with Gasteiger partial charge in [-0.05, 0) is 71.6 Å². The fourth-order valence-electron chi connectivity index (χ4n) is 5.92. The fourth-order valence-corrected chi connectivity index (χ4v) is 5.92. The minimum absolute atomic E-state index is 0.0739. The summed E-state index contributed by atoms with van der Waals surface area (Å²) in [5.74, 6) is 0.371. The van der Waals surface area contributed by atoms with Gasteiger partial charge < -0.3 is 24.7 Å². The Bertz CT molecular complexity index is 663. The first-order valence-electron chi connectivity index (χ1n) is 11.7. The predicted molar refractivity (Wildman–Crippen MR) is 114 cm³/mol. The zero-order valence-corrected chi connectivity index (χ0v) is 19.0. The lowest BCUT2D eigenvalue weighted by molar-refractivity contribution is -0.173. The van der Waals surface area contributed by atoms with Crippen LogP contribution in [0.25, 0.3) is 0 Å². The molecule has 0 aromatic carbocycles. The van der Waals surface area contributed by atoms with Crippen molar-refractivity contribution in [2.24, 2.45) is 17.6 Å². The van der Waals surface area contributed by atoms with Gasteiger partial charge in [-0.3, -0.25) is 4.79 Å². The van der Waals surface area contributed by atoms with E-state index < -0.39 is 0 Å². The van der Waals surface area contributed by atoms with E-state index in [0.717, 1.165) is 51.6 Å². The van der Waals surface area contributed by atoms with Crippen molar-refractivity contribution < 1.29 is 23.7 Å². The molecule has 0 radical (unpaired) electrons. The van der Waals surface area contributed by atoms with E-state index in [1.165, 1.54) is 5.57 Å². The lowest BCUT2D eigenvalue weighted by Crippen LogP contribution is -2.55. The topological polar surface area (TPSA) is 86.6 Å². The number of methoxy groups -OCH3 is 1. The third-order valence-electron chi connectivity index (χ3n) is 7.87. The summed E-state index contributed by atoms with van der Waals surface area (Å²) in [7, 11) is 1.72. The first-order chi connectivity index (χ1) is 14.3. The van der Waals surface area contributed by atoms with Crippen molar-refractivity contribution in [3.8, 4) is 0 Å². The van der Waals surface area contributed by atoms with Gasteiger partial charge in [0.2, 0.25) is 0 Å². The summed E-state index contributed by atoms with van der Waals surface area (Å²) in [6, 6.07) is 0.294. The highest BCUT2D eigenvalue weighted by Crippen LogP contribution is 2.59. The van der Waals surface area contributed by atoms with Gasteiger partial charge in [-0.25, -0.2) is 0 Å². The minimum Gasteiger partial charge on any atom is -0.460 e. The van der Waals surface area contributed by atoms with Gasteiger partial charge in [0, 0.05) is 19.6 Å². The summed E-state index contributed by atoms with van der Waals surface area (Å²) in [5.41, 5.74) is 6.81. The number of rotatable bonds is 7. The Labute approximate surface area is 180 Å². The average Bonchev–Trinajstić information content (AvgIpc) is 3.61. The Balaban J connectivity index is 1.40. The van der Waals surface area contributed by atoms with Crippen LogP contribution in [-0.4, -0.2) is 55.2 Å². The molecule has 6 atom stereocenters. The minimum atomic E-state index is -0.298. The van der Waals surface area contributed by atoms with Crippen LogP contribution in [0.4, 0.5) is 0 Å². The van der Waals surface area contributed by atoms with Crippen molar-refractivity contribution in [3.05, 3.63) is 11.6 Å². The van der Waals surface area contributed by atoms with Gasteiger partial charge >= 0.3 is 5.97 Å². The molecule has 4 aliphatic rings. The molecule has 0 bridgehead atoms. The number of allylic oxidation sites excluding steroid dienone is 1. The number of nitrogens with two attached hydrogens (primary N) is 1. The Hall–Kier alpha value is -0.950. The Morgan fingerprint density at radius 1 is 1.20 bits per heavy atom. The van der Waals surface area contributed by atoms with Gasteiger partial charge in [0.15, 0.2) is 0 Å². The third kappa shape index (κ3) is 4.47. The van der Waals surface area contributed by atoms with Gasteiger partial charge in [-0.2, -0.15) is 0 Å². The summed E-state index contributed by atoms with van der Waals surface area (Å²) < 4.78 is 24.2. The van der Waals surface area contributed by atoms with Crippen LogP contribution in [-0.2, 0) is 23.7 Å². The molecule has 4 fully saturated rings. The van der Waals surface area contributed by atoms with Crippen LogP contribution in [0.15, 0.2) is 11.6 Å². The number of hydrogen-bond acceptors (Lipinski definition) is 6. The number of carbonyl (C=O) groups is 1. The van der Waals surface area contributed by atoms with Crippen LogP contribution < -0.4 is 5.73 Å². The maximum atomic E-state index is 12.7. The van der Waals surface area contributed by atoms with E-state index in [9.17, 15) is 4.79 Å². The van der Waals surface area contributed by atoms with E-state index in [0.29, 0.717) is 18.4 Å². The van der Waals surface area contributed by atoms with Crippen LogP contribution in [0.3, 0.4) is 0 Å². The predicted octanol–water partition coefficient (Wildman–Crippen LogP) is 3.51. The standard InChI is InChI=1S/C24H39NO5/c1-15(2)5-10-19-23(3,30-19)22-21(27-4)18(11-12-24(22)14-28-24)29-20(26)13-16-6-8-17(25)9-7-16/h5,16-19,21-22H,6-14,25H2,1-4H3/t16?,17?,18?,19-,21?,22?,23?,24+/m1/s1. The Morgan fingerprint density at radius 2 is 1.90 bits per heavy atom. The molecule has 0 amide bonds. The van der Waals surface area contributed by atoms with Gasteiger partial charge in [0.25, 0.3) is 0 Å². The van der Waals surface area contributed by atoms with Crippen LogP contribution >= 0.6 is 0 Å². The molecule has 2 N–H and O–H groups in total. The number of hydrogen-bond donors (Lipinski definition) is 1. The summed E-state index contributed by atoms with van der Waals surface area (Å²) in [6.45, 7) is 7.14. The molecule has 6 nitrogen and oxygen atoms in total. The second-order valence-electron chi connectivity index (χ2n) is 10.4. The highest BCUT2D eigenvalue weighted by Gasteiger charge is 2.72. The monoisotopic (exact) mass is 421 g/mol. The Kier molecular flexibility index (Phi) is 6.33. The normalized spacial score (nSPS) is 45.1. The van der Waals surface area contributed by atoms with Crippen LogP contribution in [0, 0.1) is 11.8 Å². The molecule has 4 unspecified atom stereocenters.